The average Bonchev–Trinajstić information content (AvgIpc) is 2.69. The molecule has 0 aliphatic rings. The summed E-state index contributed by atoms with van der Waals surface area (Å²) in [4.78, 5) is 14.3. The smallest absolute Gasteiger partial charge is 0.261 e. The molecule has 7 heteroatoms. The summed E-state index contributed by atoms with van der Waals surface area (Å²) in [5.74, 6) is -0.600. The number of benzene rings is 3. The molecule has 1 N–H and O–H groups in total. The summed E-state index contributed by atoms with van der Waals surface area (Å²) < 4.78 is 41.1. The maximum Gasteiger partial charge on any atom is 0.261 e. The second-order valence-electron chi connectivity index (χ2n) is 7.22. The standard InChI is InChI=1S/C23H23FN2O3S/c1-16-7-12-22(13-17(16)2)30(28,29)25-21-10-8-19(9-11-21)23(27)26(3)15-18-5-4-6-20(24)14-18/h4-14,25H,15H2,1-3H3. The molecule has 0 atom stereocenters. The van der Waals surface area contributed by atoms with Crippen molar-refractivity contribution >= 4 is 21.6 Å². The SMILES string of the molecule is Cc1ccc(S(=O)(=O)Nc2ccc(C(=O)N(C)Cc3cccc(F)c3)cc2)cc1C. The van der Waals surface area contributed by atoms with Crippen molar-refractivity contribution in [2.75, 3.05) is 11.8 Å². The van der Waals surface area contributed by atoms with Gasteiger partial charge in [0.05, 0.1) is 4.90 Å². The first-order chi connectivity index (χ1) is 14.2. The Hall–Kier alpha value is -3.19. The van der Waals surface area contributed by atoms with Gasteiger partial charge in [0, 0.05) is 24.8 Å². The summed E-state index contributed by atoms with van der Waals surface area (Å²) in [7, 11) is -2.10. The third-order valence-electron chi connectivity index (χ3n) is 4.83. The topological polar surface area (TPSA) is 66.5 Å². The van der Waals surface area contributed by atoms with Crippen molar-refractivity contribution in [3.63, 3.8) is 0 Å². The molecule has 3 aromatic carbocycles. The minimum Gasteiger partial charge on any atom is -0.337 e. The molecule has 0 heterocycles. The van der Waals surface area contributed by atoms with Crippen molar-refractivity contribution in [3.8, 4) is 0 Å². The van der Waals surface area contributed by atoms with Crippen molar-refractivity contribution in [1.82, 2.24) is 4.90 Å². The Morgan fingerprint density at radius 3 is 2.30 bits per heavy atom. The third kappa shape index (κ3) is 5.04. The van der Waals surface area contributed by atoms with Crippen LogP contribution in [0.5, 0.6) is 0 Å². The van der Waals surface area contributed by atoms with Crippen LogP contribution < -0.4 is 4.72 Å². The quantitative estimate of drug-likeness (QED) is 0.630. The highest BCUT2D eigenvalue weighted by Crippen LogP contribution is 2.20. The third-order valence-corrected chi connectivity index (χ3v) is 6.21. The van der Waals surface area contributed by atoms with Gasteiger partial charge >= 0.3 is 0 Å². The Morgan fingerprint density at radius 1 is 0.967 bits per heavy atom. The maximum absolute atomic E-state index is 13.3. The lowest BCUT2D eigenvalue weighted by atomic mass is 10.1. The van der Waals surface area contributed by atoms with E-state index in [4.69, 9.17) is 0 Å². The second-order valence-corrected chi connectivity index (χ2v) is 8.90. The summed E-state index contributed by atoms with van der Waals surface area (Å²) in [5, 5.41) is 0. The number of nitrogens with zero attached hydrogens (tertiary/aromatic N) is 1. The van der Waals surface area contributed by atoms with Gasteiger partial charge in [-0.3, -0.25) is 9.52 Å². The summed E-state index contributed by atoms with van der Waals surface area (Å²) in [6, 6.07) is 17.2. The van der Waals surface area contributed by atoms with E-state index in [1.807, 2.05) is 13.8 Å². The molecule has 156 valence electrons. The molecule has 0 saturated carbocycles. The number of sulfonamides is 1. The molecule has 3 aromatic rings. The van der Waals surface area contributed by atoms with E-state index in [9.17, 15) is 17.6 Å². The van der Waals surface area contributed by atoms with Gasteiger partial charge in [-0.15, -0.1) is 0 Å². The zero-order valence-electron chi connectivity index (χ0n) is 17.0. The van der Waals surface area contributed by atoms with Gasteiger partial charge in [0.1, 0.15) is 5.82 Å². The van der Waals surface area contributed by atoms with Crippen LogP contribution in [0.1, 0.15) is 27.0 Å². The lowest BCUT2D eigenvalue weighted by Crippen LogP contribution is -2.26. The van der Waals surface area contributed by atoms with Crippen LogP contribution in [0.3, 0.4) is 0 Å². The Morgan fingerprint density at radius 2 is 1.67 bits per heavy atom. The van der Waals surface area contributed by atoms with E-state index in [-0.39, 0.29) is 23.2 Å². The van der Waals surface area contributed by atoms with Gasteiger partial charge in [0.2, 0.25) is 0 Å². The molecule has 1 amide bonds. The number of anilines is 1. The molecule has 0 spiro atoms. The van der Waals surface area contributed by atoms with E-state index in [1.54, 1.807) is 61.6 Å². The zero-order chi connectivity index (χ0) is 21.9. The van der Waals surface area contributed by atoms with Gasteiger partial charge in [-0.1, -0.05) is 18.2 Å². The van der Waals surface area contributed by atoms with Gasteiger partial charge < -0.3 is 4.90 Å². The molecular weight excluding hydrogens is 403 g/mol. The first kappa shape index (κ1) is 21.5. The number of hydrogen-bond donors (Lipinski definition) is 1. The fourth-order valence-electron chi connectivity index (χ4n) is 2.98. The predicted molar refractivity (Wildman–Crippen MR) is 115 cm³/mol. The van der Waals surface area contributed by atoms with Crippen LogP contribution >= 0.6 is 0 Å². The molecular formula is C23H23FN2O3S. The summed E-state index contributed by atoms with van der Waals surface area (Å²) in [5.41, 5.74) is 3.35. The van der Waals surface area contributed by atoms with Crippen LogP contribution in [0.2, 0.25) is 0 Å². The molecule has 0 radical (unpaired) electrons. The Bertz CT molecular complexity index is 1180. The fraction of sp³-hybridized carbons (Fsp3) is 0.174. The number of halogens is 1. The van der Waals surface area contributed by atoms with Crippen molar-refractivity contribution in [1.29, 1.82) is 0 Å². The fourth-order valence-corrected chi connectivity index (χ4v) is 4.12. The van der Waals surface area contributed by atoms with E-state index in [2.05, 4.69) is 4.72 Å². The molecule has 0 bridgehead atoms. The minimum absolute atomic E-state index is 0.181. The molecule has 0 unspecified atom stereocenters. The number of amides is 1. The van der Waals surface area contributed by atoms with Crippen LogP contribution in [-0.4, -0.2) is 26.3 Å². The molecule has 3 rings (SSSR count). The summed E-state index contributed by atoms with van der Waals surface area (Å²) >= 11 is 0. The lowest BCUT2D eigenvalue weighted by molar-refractivity contribution is 0.0785. The summed E-state index contributed by atoms with van der Waals surface area (Å²) in [6.45, 7) is 4.03. The highest BCUT2D eigenvalue weighted by atomic mass is 32.2. The van der Waals surface area contributed by atoms with Crippen LogP contribution in [0.25, 0.3) is 0 Å². The van der Waals surface area contributed by atoms with Crippen LogP contribution in [0, 0.1) is 19.7 Å². The number of rotatable bonds is 6. The highest BCUT2D eigenvalue weighted by molar-refractivity contribution is 7.92. The Labute approximate surface area is 176 Å². The number of nitrogens with one attached hydrogen (secondary N) is 1. The average molecular weight is 427 g/mol. The van der Waals surface area contributed by atoms with Gasteiger partial charge in [-0.2, -0.15) is 0 Å². The number of carbonyl (C=O) groups is 1. The molecule has 0 aliphatic carbocycles. The molecule has 0 saturated heterocycles. The minimum atomic E-state index is -3.73. The second kappa shape index (κ2) is 8.67. The number of carbonyl (C=O) groups excluding carboxylic acids is 1. The van der Waals surface area contributed by atoms with E-state index < -0.39 is 10.0 Å². The predicted octanol–water partition coefficient (Wildman–Crippen LogP) is 4.52. The van der Waals surface area contributed by atoms with E-state index >= 15 is 0 Å². The van der Waals surface area contributed by atoms with Gasteiger partial charge in [-0.25, -0.2) is 12.8 Å². The maximum atomic E-state index is 13.3. The van der Waals surface area contributed by atoms with Crippen LogP contribution in [0.4, 0.5) is 10.1 Å². The first-order valence-corrected chi connectivity index (χ1v) is 10.8. The molecule has 0 aromatic heterocycles. The zero-order valence-corrected chi connectivity index (χ0v) is 17.8. The Balaban J connectivity index is 1.70. The number of hydrogen-bond acceptors (Lipinski definition) is 3. The van der Waals surface area contributed by atoms with E-state index in [0.717, 1.165) is 11.1 Å². The Kier molecular flexibility index (Phi) is 6.22. The first-order valence-electron chi connectivity index (χ1n) is 9.36. The van der Waals surface area contributed by atoms with Crippen LogP contribution in [-0.2, 0) is 16.6 Å². The van der Waals surface area contributed by atoms with E-state index in [1.165, 1.54) is 17.0 Å². The normalized spacial score (nSPS) is 11.2. The largest absolute Gasteiger partial charge is 0.337 e. The lowest BCUT2D eigenvalue weighted by Gasteiger charge is -2.18. The summed E-state index contributed by atoms with van der Waals surface area (Å²) in [6.07, 6.45) is 0. The van der Waals surface area contributed by atoms with E-state index in [0.29, 0.717) is 16.8 Å². The van der Waals surface area contributed by atoms with Crippen LogP contribution in [0.15, 0.2) is 71.6 Å². The monoisotopic (exact) mass is 426 g/mol. The molecule has 0 aliphatic heterocycles. The van der Waals surface area contributed by atoms with Crippen molar-refractivity contribution in [2.24, 2.45) is 0 Å². The van der Waals surface area contributed by atoms with Crippen molar-refractivity contribution < 1.29 is 17.6 Å². The van der Waals surface area contributed by atoms with Gasteiger partial charge in [0.25, 0.3) is 15.9 Å². The van der Waals surface area contributed by atoms with Gasteiger partial charge in [0.15, 0.2) is 0 Å². The molecule has 30 heavy (non-hydrogen) atoms. The van der Waals surface area contributed by atoms with Crippen molar-refractivity contribution in [3.05, 3.63) is 94.8 Å². The highest BCUT2D eigenvalue weighted by Gasteiger charge is 2.16. The number of aryl methyl sites for hydroxylation is 2. The van der Waals surface area contributed by atoms with Crippen molar-refractivity contribution in [2.45, 2.75) is 25.3 Å². The molecule has 0 fully saturated rings. The molecule has 5 nitrogen and oxygen atoms in total. The van der Waals surface area contributed by atoms with Gasteiger partial charge in [-0.05, 0) is 79.1 Å².